The highest BCUT2D eigenvalue weighted by molar-refractivity contribution is 7.99. The van der Waals surface area contributed by atoms with Gasteiger partial charge < -0.3 is 9.47 Å². The smallest absolute Gasteiger partial charge is 0.338 e. The zero-order valence-electron chi connectivity index (χ0n) is 20.3. The molecule has 1 aliphatic carbocycles. The molecule has 0 saturated heterocycles. The third kappa shape index (κ3) is 5.42. The van der Waals surface area contributed by atoms with Gasteiger partial charge in [0.15, 0.2) is 0 Å². The Morgan fingerprint density at radius 1 is 1.25 bits per heavy atom. The minimum atomic E-state index is -0.990. The predicted molar refractivity (Wildman–Crippen MR) is 134 cm³/mol. The molecule has 4 rings (SSSR count). The molecule has 0 spiro atoms. The second-order valence-electron chi connectivity index (χ2n) is 9.03. The van der Waals surface area contributed by atoms with Gasteiger partial charge in [-0.2, -0.15) is 10.5 Å². The topological polar surface area (TPSA) is 133 Å². The SMILES string of the molecule is CC(C)OC(=O)C1=C(CSc2nc3c(cc2C#N)CCCCC3)OC(=N)C(C#N)C1c1ccncc1. The van der Waals surface area contributed by atoms with E-state index in [1.54, 1.807) is 38.4 Å². The number of carbonyl (C=O) groups is 1. The Kier molecular flexibility index (Phi) is 8.02. The second-order valence-corrected chi connectivity index (χ2v) is 9.99. The molecule has 0 saturated carbocycles. The van der Waals surface area contributed by atoms with E-state index in [-0.39, 0.29) is 29.1 Å². The number of nitriles is 2. The fourth-order valence-electron chi connectivity index (χ4n) is 4.55. The first kappa shape index (κ1) is 25.4. The fourth-order valence-corrected chi connectivity index (χ4v) is 5.46. The lowest BCUT2D eigenvalue weighted by Gasteiger charge is -2.31. The van der Waals surface area contributed by atoms with Gasteiger partial charge in [-0.1, -0.05) is 18.2 Å². The van der Waals surface area contributed by atoms with Crippen LogP contribution in [0.5, 0.6) is 0 Å². The summed E-state index contributed by atoms with van der Waals surface area (Å²) in [5, 5.41) is 28.6. The van der Waals surface area contributed by atoms with Crippen molar-refractivity contribution in [3.63, 3.8) is 0 Å². The van der Waals surface area contributed by atoms with E-state index in [0.29, 0.717) is 16.2 Å². The lowest BCUT2D eigenvalue weighted by atomic mass is 9.79. The highest BCUT2D eigenvalue weighted by Crippen LogP contribution is 2.41. The van der Waals surface area contributed by atoms with E-state index in [2.05, 4.69) is 17.1 Å². The highest BCUT2D eigenvalue weighted by Gasteiger charge is 2.42. The molecule has 9 heteroatoms. The number of pyridine rings is 2. The zero-order valence-corrected chi connectivity index (χ0v) is 21.1. The summed E-state index contributed by atoms with van der Waals surface area (Å²) in [7, 11) is 0. The first-order valence-electron chi connectivity index (χ1n) is 12.0. The van der Waals surface area contributed by atoms with Crippen LogP contribution in [0.1, 0.15) is 61.4 Å². The van der Waals surface area contributed by atoms with Crippen LogP contribution in [0.4, 0.5) is 0 Å². The molecule has 1 aliphatic heterocycles. The summed E-state index contributed by atoms with van der Waals surface area (Å²) in [6, 6.07) is 9.74. The van der Waals surface area contributed by atoms with Gasteiger partial charge in [0.25, 0.3) is 0 Å². The summed E-state index contributed by atoms with van der Waals surface area (Å²) in [5.41, 5.74) is 3.50. The molecule has 8 nitrogen and oxygen atoms in total. The van der Waals surface area contributed by atoms with E-state index >= 15 is 0 Å². The van der Waals surface area contributed by atoms with E-state index in [4.69, 9.17) is 19.9 Å². The molecular weight excluding hydrogens is 474 g/mol. The largest absolute Gasteiger partial charge is 0.460 e. The molecule has 2 aliphatic rings. The number of ether oxygens (including phenoxy) is 2. The van der Waals surface area contributed by atoms with Crippen molar-refractivity contribution in [2.75, 3.05) is 5.75 Å². The number of esters is 1. The van der Waals surface area contributed by atoms with Crippen LogP contribution < -0.4 is 0 Å². The number of nitrogens with one attached hydrogen (secondary N) is 1. The Labute approximate surface area is 214 Å². The molecule has 184 valence electrons. The molecule has 0 aromatic carbocycles. The van der Waals surface area contributed by atoms with E-state index in [9.17, 15) is 15.3 Å². The van der Waals surface area contributed by atoms with Crippen molar-refractivity contribution >= 4 is 23.6 Å². The van der Waals surface area contributed by atoms with Gasteiger partial charge in [0, 0.05) is 24.0 Å². The molecule has 2 aromatic rings. The van der Waals surface area contributed by atoms with Crippen LogP contribution in [0.15, 0.2) is 47.0 Å². The van der Waals surface area contributed by atoms with E-state index in [0.717, 1.165) is 43.4 Å². The van der Waals surface area contributed by atoms with Crippen molar-refractivity contribution < 1.29 is 14.3 Å². The molecule has 0 amide bonds. The number of rotatable bonds is 6. The Bertz CT molecular complexity index is 1280. The number of hydrogen-bond donors (Lipinski definition) is 1. The average molecular weight is 502 g/mol. The maximum atomic E-state index is 13.3. The van der Waals surface area contributed by atoms with Gasteiger partial charge in [0.1, 0.15) is 22.8 Å². The van der Waals surface area contributed by atoms with E-state index in [1.807, 2.05) is 6.07 Å². The van der Waals surface area contributed by atoms with Gasteiger partial charge in [0.2, 0.25) is 5.90 Å². The minimum absolute atomic E-state index is 0.158. The molecule has 2 atom stereocenters. The molecule has 2 aromatic heterocycles. The Morgan fingerprint density at radius 2 is 2.00 bits per heavy atom. The van der Waals surface area contributed by atoms with Gasteiger partial charge in [-0.15, -0.1) is 0 Å². The standard InChI is InChI=1S/C27H27N5O3S/c1-16(2)34-27(33)24-22(35-25(30)20(14-29)23(24)17-8-10-31-11-9-17)15-36-26-19(13-28)12-18-6-4-3-5-7-21(18)32-26/h8-12,16,20,23,30H,3-7,15H2,1-2H3. The normalized spacial score (nSPS) is 19.5. The number of carbonyl (C=O) groups excluding carboxylic acids is 1. The molecule has 3 heterocycles. The number of nitrogens with zero attached hydrogens (tertiary/aromatic N) is 4. The van der Waals surface area contributed by atoms with Gasteiger partial charge >= 0.3 is 5.97 Å². The van der Waals surface area contributed by atoms with Crippen LogP contribution in [0.3, 0.4) is 0 Å². The summed E-state index contributed by atoms with van der Waals surface area (Å²) in [6.07, 6.45) is 7.88. The van der Waals surface area contributed by atoms with Crippen LogP contribution in [-0.4, -0.2) is 33.7 Å². The van der Waals surface area contributed by atoms with E-state index < -0.39 is 17.8 Å². The van der Waals surface area contributed by atoms with Crippen molar-refractivity contribution in [2.45, 2.75) is 63.0 Å². The Morgan fingerprint density at radius 3 is 2.69 bits per heavy atom. The van der Waals surface area contributed by atoms with Crippen molar-refractivity contribution in [3.05, 3.63) is 64.3 Å². The Balaban J connectivity index is 1.75. The molecule has 2 unspecified atom stereocenters. The number of hydrogen-bond acceptors (Lipinski definition) is 9. The second kappa shape index (κ2) is 11.4. The van der Waals surface area contributed by atoms with Crippen LogP contribution >= 0.6 is 11.8 Å². The van der Waals surface area contributed by atoms with Crippen LogP contribution in [-0.2, 0) is 27.1 Å². The van der Waals surface area contributed by atoms with Crippen molar-refractivity contribution in [3.8, 4) is 12.1 Å². The van der Waals surface area contributed by atoms with Crippen LogP contribution in [0, 0.1) is 34.0 Å². The summed E-state index contributed by atoms with van der Waals surface area (Å²) in [5.74, 6) is -2.15. The monoisotopic (exact) mass is 501 g/mol. The van der Waals surface area contributed by atoms with Crippen LogP contribution in [0.2, 0.25) is 0 Å². The lowest BCUT2D eigenvalue weighted by Crippen LogP contribution is -2.34. The summed E-state index contributed by atoms with van der Waals surface area (Å²) < 4.78 is 11.3. The van der Waals surface area contributed by atoms with Gasteiger partial charge in [-0.25, -0.2) is 9.78 Å². The molecule has 0 radical (unpaired) electrons. The molecular formula is C27H27N5O3S. The fraction of sp³-hybridized carbons (Fsp3) is 0.407. The third-order valence-electron chi connectivity index (χ3n) is 6.20. The zero-order chi connectivity index (χ0) is 25.7. The number of fused-ring (bicyclic) bond motifs is 1. The third-order valence-corrected chi connectivity index (χ3v) is 7.19. The van der Waals surface area contributed by atoms with Crippen molar-refractivity contribution in [1.29, 1.82) is 15.9 Å². The molecule has 36 heavy (non-hydrogen) atoms. The predicted octanol–water partition coefficient (Wildman–Crippen LogP) is 4.85. The first-order valence-corrected chi connectivity index (χ1v) is 13.0. The average Bonchev–Trinajstić information content (AvgIpc) is 3.11. The summed E-state index contributed by atoms with van der Waals surface area (Å²) >= 11 is 1.29. The maximum absolute atomic E-state index is 13.3. The van der Waals surface area contributed by atoms with Crippen LogP contribution in [0.25, 0.3) is 0 Å². The van der Waals surface area contributed by atoms with Gasteiger partial charge in [0.05, 0.1) is 29.1 Å². The molecule has 0 bridgehead atoms. The Hall–Kier alpha value is -3.69. The molecule has 1 N–H and O–H groups in total. The van der Waals surface area contributed by atoms with Crippen molar-refractivity contribution in [2.24, 2.45) is 5.92 Å². The molecule has 0 fully saturated rings. The highest BCUT2D eigenvalue weighted by atomic mass is 32.2. The maximum Gasteiger partial charge on any atom is 0.338 e. The number of thioether (sulfide) groups is 1. The van der Waals surface area contributed by atoms with Crippen molar-refractivity contribution in [1.82, 2.24) is 9.97 Å². The lowest BCUT2D eigenvalue weighted by molar-refractivity contribution is -0.143. The first-order chi connectivity index (χ1) is 17.4. The van der Waals surface area contributed by atoms with Gasteiger partial charge in [-0.3, -0.25) is 10.4 Å². The summed E-state index contributed by atoms with van der Waals surface area (Å²) in [6.45, 7) is 3.50. The minimum Gasteiger partial charge on any atom is -0.460 e. The number of aryl methyl sites for hydroxylation is 2. The summed E-state index contributed by atoms with van der Waals surface area (Å²) in [4.78, 5) is 22.1. The van der Waals surface area contributed by atoms with Gasteiger partial charge in [-0.05, 0) is 68.9 Å². The number of aromatic nitrogens is 2. The van der Waals surface area contributed by atoms with E-state index in [1.165, 1.54) is 11.8 Å². The quantitative estimate of drug-likeness (QED) is 0.337.